The molecule has 0 fully saturated rings. The summed E-state index contributed by atoms with van der Waals surface area (Å²) in [5.74, 6) is -0.432. The predicted octanol–water partition coefficient (Wildman–Crippen LogP) is 3.78. The maximum Gasteiger partial charge on any atom is 0.257 e. The second-order valence-electron chi connectivity index (χ2n) is 6.45. The lowest BCUT2D eigenvalue weighted by molar-refractivity contribution is -0.116. The van der Waals surface area contributed by atoms with Gasteiger partial charge in [-0.3, -0.25) is 14.3 Å². The van der Waals surface area contributed by atoms with Crippen LogP contribution in [0.4, 0.5) is 11.4 Å². The Morgan fingerprint density at radius 3 is 2.56 bits per heavy atom. The molecular weight excluding hydrogens is 340 g/mol. The molecule has 6 nitrogen and oxygen atoms in total. The Bertz CT molecular complexity index is 962. The van der Waals surface area contributed by atoms with Crippen LogP contribution >= 0.6 is 0 Å². The first kappa shape index (κ1) is 18.4. The zero-order chi connectivity index (χ0) is 19.2. The molecule has 0 radical (unpaired) electrons. The quantitative estimate of drug-likeness (QED) is 0.701. The minimum atomic E-state index is -0.265. The normalized spacial score (nSPS) is 10.4. The van der Waals surface area contributed by atoms with Crippen molar-refractivity contribution in [3.63, 3.8) is 0 Å². The van der Waals surface area contributed by atoms with Crippen LogP contribution < -0.4 is 10.6 Å². The molecule has 0 aliphatic carbocycles. The number of aromatic nitrogens is 2. The van der Waals surface area contributed by atoms with Crippen LogP contribution in [0.25, 0.3) is 0 Å². The Hall–Kier alpha value is -3.41. The van der Waals surface area contributed by atoms with Crippen LogP contribution in [0, 0.1) is 13.8 Å². The Morgan fingerprint density at radius 2 is 1.81 bits per heavy atom. The van der Waals surface area contributed by atoms with E-state index in [0.29, 0.717) is 17.8 Å². The first-order chi connectivity index (χ1) is 13.0. The first-order valence-electron chi connectivity index (χ1n) is 8.77. The molecule has 0 atom stereocenters. The van der Waals surface area contributed by atoms with Gasteiger partial charge in [-0.1, -0.05) is 24.3 Å². The highest BCUT2D eigenvalue weighted by molar-refractivity contribution is 6.10. The third-order valence-corrected chi connectivity index (χ3v) is 4.05. The number of hydrogen-bond acceptors (Lipinski definition) is 3. The number of nitrogens with one attached hydrogen (secondary N) is 2. The van der Waals surface area contributed by atoms with Gasteiger partial charge in [0.25, 0.3) is 5.91 Å². The van der Waals surface area contributed by atoms with E-state index in [1.54, 1.807) is 35.1 Å². The van der Waals surface area contributed by atoms with Crippen molar-refractivity contribution in [2.75, 3.05) is 10.6 Å². The van der Waals surface area contributed by atoms with E-state index in [0.717, 1.165) is 16.8 Å². The molecule has 1 aromatic heterocycles. The molecule has 0 unspecified atom stereocenters. The van der Waals surface area contributed by atoms with Crippen molar-refractivity contribution < 1.29 is 9.59 Å². The summed E-state index contributed by atoms with van der Waals surface area (Å²) in [6.07, 6.45) is 3.91. The molecule has 0 bridgehead atoms. The minimum Gasteiger partial charge on any atom is -0.325 e. The summed E-state index contributed by atoms with van der Waals surface area (Å²) in [6, 6.07) is 14.5. The maximum atomic E-state index is 12.6. The van der Waals surface area contributed by atoms with Gasteiger partial charge in [-0.25, -0.2) is 0 Å². The van der Waals surface area contributed by atoms with Crippen molar-refractivity contribution >= 4 is 23.2 Å². The molecule has 2 N–H and O–H groups in total. The molecule has 3 rings (SSSR count). The molecule has 6 heteroatoms. The van der Waals surface area contributed by atoms with E-state index in [4.69, 9.17) is 0 Å². The number of aryl methyl sites for hydroxylation is 3. The van der Waals surface area contributed by atoms with E-state index in [1.165, 1.54) is 0 Å². The summed E-state index contributed by atoms with van der Waals surface area (Å²) >= 11 is 0. The Labute approximate surface area is 158 Å². The SMILES string of the molecule is Cc1cccc(NC(=O)c2ccccc2NC(=O)CCn2cc(C)cn2)c1. The van der Waals surface area contributed by atoms with E-state index in [-0.39, 0.29) is 18.2 Å². The van der Waals surface area contributed by atoms with Gasteiger partial charge in [0.1, 0.15) is 0 Å². The summed E-state index contributed by atoms with van der Waals surface area (Å²) in [5, 5.41) is 9.86. The topological polar surface area (TPSA) is 76.0 Å². The number of carbonyl (C=O) groups is 2. The van der Waals surface area contributed by atoms with Crippen molar-refractivity contribution in [1.82, 2.24) is 9.78 Å². The Kier molecular flexibility index (Phi) is 5.66. The third kappa shape index (κ3) is 5.04. The molecule has 1 heterocycles. The molecule has 138 valence electrons. The molecule has 0 aliphatic rings. The molecular formula is C21H22N4O2. The van der Waals surface area contributed by atoms with Crippen LogP contribution in [0.2, 0.25) is 0 Å². The molecule has 0 aliphatic heterocycles. The highest BCUT2D eigenvalue weighted by atomic mass is 16.2. The van der Waals surface area contributed by atoms with Crippen LogP contribution in [-0.2, 0) is 11.3 Å². The van der Waals surface area contributed by atoms with E-state index >= 15 is 0 Å². The monoisotopic (exact) mass is 362 g/mol. The van der Waals surface area contributed by atoms with E-state index in [1.807, 2.05) is 44.3 Å². The molecule has 0 saturated heterocycles. The van der Waals surface area contributed by atoms with Crippen LogP contribution in [0.3, 0.4) is 0 Å². The van der Waals surface area contributed by atoms with Gasteiger partial charge in [-0.2, -0.15) is 5.10 Å². The van der Waals surface area contributed by atoms with Crippen LogP contribution in [0.15, 0.2) is 60.9 Å². The Balaban J connectivity index is 1.66. The van der Waals surface area contributed by atoms with Crippen molar-refractivity contribution in [2.24, 2.45) is 0 Å². The highest BCUT2D eigenvalue weighted by Crippen LogP contribution is 2.18. The van der Waals surface area contributed by atoms with Gasteiger partial charge >= 0.3 is 0 Å². The molecule has 0 saturated carbocycles. The van der Waals surface area contributed by atoms with Gasteiger partial charge in [0.2, 0.25) is 5.91 Å². The Morgan fingerprint density at radius 1 is 1.00 bits per heavy atom. The fourth-order valence-electron chi connectivity index (χ4n) is 2.73. The van der Waals surface area contributed by atoms with Gasteiger partial charge in [-0.15, -0.1) is 0 Å². The standard InChI is InChI=1S/C21H22N4O2/c1-15-6-5-7-17(12-15)23-21(27)18-8-3-4-9-19(18)24-20(26)10-11-25-14-16(2)13-22-25/h3-9,12-14H,10-11H2,1-2H3,(H,23,27)(H,24,26). The fraction of sp³-hybridized carbons (Fsp3) is 0.190. The van der Waals surface area contributed by atoms with Crippen molar-refractivity contribution in [2.45, 2.75) is 26.8 Å². The number of para-hydroxylation sites is 1. The number of rotatable bonds is 6. The average Bonchev–Trinajstić information content (AvgIpc) is 3.06. The zero-order valence-corrected chi connectivity index (χ0v) is 15.4. The molecule has 3 aromatic rings. The van der Waals surface area contributed by atoms with Gasteiger partial charge in [0.15, 0.2) is 0 Å². The summed E-state index contributed by atoms with van der Waals surface area (Å²) in [5.41, 5.74) is 3.73. The average molecular weight is 362 g/mol. The van der Waals surface area contributed by atoms with Crippen molar-refractivity contribution in [3.8, 4) is 0 Å². The van der Waals surface area contributed by atoms with Crippen molar-refractivity contribution in [1.29, 1.82) is 0 Å². The largest absolute Gasteiger partial charge is 0.325 e. The number of anilines is 2. The lowest BCUT2D eigenvalue weighted by Gasteiger charge is -2.12. The van der Waals surface area contributed by atoms with E-state index in [9.17, 15) is 9.59 Å². The summed E-state index contributed by atoms with van der Waals surface area (Å²) in [6.45, 7) is 4.40. The first-order valence-corrected chi connectivity index (χ1v) is 8.77. The van der Waals surface area contributed by atoms with Crippen molar-refractivity contribution in [3.05, 3.63) is 77.6 Å². The second kappa shape index (κ2) is 8.31. The van der Waals surface area contributed by atoms with E-state index in [2.05, 4.69) is 15.7 Å². The number of amides is 2. The summed E-state index contributed by atoms with van der Waals surface area (Å²) < 4.78 is 1.73. The summed E-state index contributed by atoms with van der Waals surface area (Å²) in [4.78, 5) is 24.9. The molecule has 0 spiro atoms. The number of nitrogens with zero attached hydrogens (tertiary/aromatic N) is 2. The number of benzene rings is 2. The highest BCUT2D eigenvalue weighted by Gasteiger charge is 2.13. The lowest BCUT2D eigenvalue weighted by atomic mass is 10.1. The maximum absolute atomic E-state index is 12.6. The van der Waals surface area contributed by atoms with Crippen LogP contribution in [0.5, 0.6) is 0 Å². The third-order valence-electron chi connectivity index (χ3n) is 4.05. The fourth-order valence-corrected chi connectivity index (χ4v) is 2.73. The molecule has 2 aromatic carbocycles. The molecule has 27 heavy (non-hydrogen) atoms. The van der Waals surface area contributed by atoms with E-state index < -0.39 is 0 Å². The second-order valence-corrected chi connectivity index (χ2v) is 6.45. The summed E-state index contributed by atoms with van der Waals surface area (Å²) in [7, 11) is 0. The number of carbonyl (C=O) groups excluding carboxylic acids is 2. The van der Waals surface area contributed by atoms with Crippen LogP contribution in [-0.4, -0.2) is 21.6 Å². The lowest BCUT2D eigenvalue weighted by Crippen LogP contribution is -2.19. The van der Waals surface area contributed by atoms with Crippen LogP contribution in [0.1, 0.15) is 27.9 Å². The number of hydrogen-bond donors (Lipinski definition) is 2. The van der Waals surface area contributed by atoms with Gasteiger partial charge in [0, 0.05) is 24.8 Å². The van der Waals surface area contributed by atoms with Gasteiger partial charge in [0.05, 0.1) is 17.4 Å². The smallest absolute Gasteiger partial charge is 0.257 e. The van der Waals surface area contributed by atoms with Gasteiger partial charge < -0.3 is 10.6 Å². The molecule has 2 amide bonds. The predicted molar refractivity (Wildman–Crippen MR) is 106 cm³/mol. The zero-order valence-electron chi connectivity index (χ0n) is 15.4. The minimum absolute atomic E-state index is 0.168. The van der Waals surface area contributed by atoms with Gasteiger partial charge in [-0.05, 0) is 49.2 Å².